The lowest BCUT2D eigenvalue weighted by atomic mass is 10.1. The second kappa shape index (κ2) is 5.85. The van der Waals surface area contributed by atoms with Gasteiger partial charge in [-0.2, -0.15) is 0 Å². The van der Waals surface area contributed by atoms with Crippen molar-refractivity contribution in [3.8, 4) is 5.75 Å². The summed E-state index contributed by atoms with van der Waals surface area (Å²) in [5.41, 5.74) is 2.54. The van der Waals surface area contributed by atoms with Crippen molar-refractivity contribution in [3.63, 3.8) is 0 Å². The molecule has 0 unspecified atom stereocenters. The largest absolute Gasteiger partial charge is 0.497 e. The SMILES string of the molecule is COc1ccc2[nH]cc(CCN3CC[C@@H](OC)C3)c2c1. The zero-order chi connectivity index (χ0) is 13.9. The Labute approximate surface area is 119 Å². The predicted octanol–water partition coefficient (Wildman–Crippen LogP) is 2.44. The number of hydrogen-bond acceptors (Lipinski definition) is 3. The number of nitrogens with one attached hydrogen (secondary N) is 1. The van der Waals surface area contributed by atoms with Crippen LogP contribution in [0.1, 0.15) is 12.0 Å². The maximum absolute atomic E-state index is 5.41. The first-order valence-corrected chi connectivity index (χ1v) is 7.19. The van der Waals surface area contributed by atoms with Gasteiger partial charge in [0.15, 0.2) is 0 Å². The number of fused-ring (bicyclic) bond motifs is 1. The zero-order valence-electron chi connectivity index (χ0n) is 12.2. The second-order valence-corrected chi connectivity index (χ2v) is 5.42. The van der Waals surface area contributed by atoms with Crippen LogP contribution in [0.2, 0.25) is 0 Å². The number of nitrogens with zero attached hydrogens (tertiary/aromatic N) is 1. The van der Waals surface area contributed by atoms with E-state index in [1.54, 1.807) is 14.2 Å². The summed E-state index contributed by atoms with van der Waals surface area (Å²) in [5.74, 6) is 0.916. The molecule has 20 heavy (non-hydrogen) atoms. The summed E-state index contributed by atoms with van der Waals surface area (Å²) >= 11 is 0. The molecule has 2 heterocycles. The number of likely N-dealkylation sites (tertiary alicyclic amines) is 1. The molecule has 1 fully saturated rings. The lowest BCUT2D eigenvalue weighted by Gasteiger charge is -2.15. The van der Waals surface area contributed by atoms with Crippen LogP contribution in [-0.4, -0.2) is 49.8 Å². The van der Waals surface area contributed by atoms with Crippen LogP contribution in [0.15, 0.2) is 24.4 Å². The fraction of sp³-hybridized carbons (Fsp3) is 0.500. The molecule has 108 valence electrons. The van der Waals surface area contributed by atoms with Gasteiger partial charge in [0.2, 0.25) is 0 Å². The molecule has 0 amide bonds. The summed E-state index contributed by atoms with van der Waals surface area (Å²) in [6.07, 6.45) is 4.74. The molecule has 1 saturated heterocycles. The van der Waals surface area contributed by atoms with Crippen LogP contribution in [0.5, 0.6) is 5.75 Å². The molecule has 2 aromatic rings. The molecule has 4 nitrogen and oxygen atoms in total. The van der Waals surface area contributed by atoms with Crippen molar-refractivity contribution in [2.45, 2.75) is 18.9 Å². The molecule has 1 N–H and O–H groups in total. The maximum atomic E-state index is 5.41. The summed E-state index contributed by atoms with van der Waals surface area (Å²) in [5, 5.41) is 1.27. The van der Waals surface area contributed by atoms with Crippen molar-refractivity contribution in [2.24, 2.45) is 0 Å². The molecule has 0 saturated carbocycles. The monoisotopic (exact) mass is 274 g/mol. The van der Waals surface area contributed by atoms with Gasteiger partial charge in [-0.3, -0.25) is 0 Å². The van der Waals surface area contributed by atoms with Gasteiger partial charge in [0.05, 0.1) is 13.2 Å². The molecule has 0 radical (unpaired) electrons. The minimum absolute atomic E-state index is 0.415. The van der Waals surface area contributed by atoms with E-state index >= 15 is 0 Å². The number of aromatic amines is 1. The third-order valence-electron chi connectivity index (χ3n) is 4.23. The third-order valence-corrected chi connectivity index (χ3v) is 4.23. The van der Waals surface area contributed by atoms with Gasteiger partial charge < -0.3 is 19.4 Å². The van der Waals surface area contributed by atoms with Gasteiger partial charge in [-0.05, 0) is 36.6 Å². The average Bonchev–Trinajstić information content (AvgIpc) is 3.11. The minimum atomic E-state index is 0.415. The van der Waals surface area contributed by atoms with Crippen molar-refractivity contribution < 1.29 is 9.47 Å². The summed E-state index contributed by atoms with van der Waals surface area (Å²) in [6.45, 7) is 3.29. The van der Waals surface area contributed by atoms with Crippen LogP contribution in [0, 0.1) is 0 Å². The van der Waals surface area contributed by atoms with Crippen molar-refractivity contribution in [1.29, 1.82) is 0 Å². The fourth-order valence-corrected chi connectivity index (χ4v) is 2.96. The maximum Gasteiger partial charge on any atom is 0.119 e. The first-order chi connectivity index (χ1) is 9.80. The van der Waals surface area contributed by atoms with Crippen LogP contribution < -0.4 is 4.74 Å². The number of H-pyrrole nitrogens is 1. The highest BCUT2D eigenvalue weighted by molar-refractivity contribution is 5.84. The molecule has 1 aromatic heterocycles. The lowest BCUT2D eigenvalue weighted by molar-refractivity contribution is 0.108. The number of ether oxygens (including phenoxy) is 2. The topological polar surface area (TPSA) is 37.5 Å². The van der Waals surface area contributed by atoms with E-state index in [2.05, 4.69) is 28.2 Å². The summed E-state index contributed by atoms with van der Waals surface area (Å²) in [4.78, 5) is 5.82. The van der Waals surface area contributed by atoms with E-state index in [1.807, 2.05) is 6.07 Å². The smallest absolute Gasteiger partial charge is 0.119 e. The van der Waals surface area contributed by atoms with E-state index in [-0.39, 0.29) is 0 Å². The van der Waals surface area contributed by atoms with E-state index in [9.17, 15) is 0 Å². The highest BCUT2D eigenvalue weighted by atomic mass is 16.5. The Balaban J connectivity index is 1.68. The molecule has 1 aromatic carbocycles. The molecular weight excluding hydrogens is 252 g/mol. The summed E-state index contributed by atoms with van der Waals surface area (Å²) < 4.78 is 10.7. The first-order valence-electron chi connectivity index (χ1n) is 7.19. The molecule has 1 aliphatic heterocycles. The Morgan fingerprint density at radius 2 is 2.25 bits per heavy atom. The van der Waals surface area contributed by atoms with Crippen molar-refractivity contribution in [1.82, 2.24) is 9.88 Å². The Hall–Kier alpha value is -1.52. The van der Waals surface area contributed by atoms with E-state index in [0.29, 0.717) is 6.10 Å². The van der Waals surface area contributed by atoms with Crippen molar-refractivity contribution >= 4 is 10.9 Å². The number of methoxy groups -OCH3 is 2. The highest BCUT2D eigenvalue weighted by Gasteiger charge is 2.21. The van der Waals surface area contributed by atoms with Crippen LogP contribution >= 0.6 is 0 Å². The van der Waals surface area contributed by atoms with Crippen LogP contribution in [0.4, 0.5) is 0 Å². The Bertz CT molecular complexity index is 579. The lowest BCUT2D eigenvalue weighted by Crippen LogP contribution is -2.25. The highest BCUT2D eigenvalue weighted by Crippen LogP contribution is 2.24. The summed E-state index contributed by atoms with van der Waals surface area (Å²) in [7, 11) is 3.52. The number of aromatic nitrogens is 1. The number of hydrogen-bond donors (Lipinski definition) is 1. The van der Waals surface area contributed by atoms with Crippen molar-refractivity contribution in [2.75, 3.05) is 33.9 Å². The quantitative estimate of drug-likeness (QED) is 0.910. The molecule has 0 aliphatic carbocycles. The molecular formula is C16H22N2O2. The van der Waals surface area contributed by atoms with E-state index in [4.69, 9.17) is 9.47 Å². The third kappa shape index (κ3) is 2.67. The van der Waals surface area contributed by atoms with Gasteiger partial charge in [-0.25, -0.2) is 0 Å². The fourth-order valence-electron chi connectivity index (χ4n) is 2.96. The summed E-state index contributed by atoms with van der Waals surface area (Å²) in [6, 6.07) is 6.18. The van der Waals surface area contributed by atoms with Gasteiger partial charge in [0, 0.05) is 43.8 Å². The molecule has 3 rings (SSSR count). The van der Waals surface area contributed by atoms with Crippen LogP contribution in [0.25, 0.3) is 10.9 Å². The Kier molecular flexibility index (Phi) is 3.94. The number of benzene rings is 1. The molecule has 1 aliphatic rings. The van der Waals surface area contributed by atoms with Crippen LogP contribution in [0.3, 0.4) is 0 Å². The van der Waals surface area contributed by atoms with E-state index in [0.717, 1.165) is 38.2 Å². The molecule has 0 bridgehead atoms. The average molecular weight is 274 g/mol. The minimum Gasteiger partial charge on any atom is -0.497 e. The normalized spacial score (nSPS) is 19.8. The Morgan fingerprint density at radius 1 is 1.35 bits per heavy atom. The first kappa shape index (κ1) is 13.5. The Morgan fingerprint density at radius 3 is 3.00 bits per heavy atom. The van der Waals surface area contributed by atoms with Gasteiger partial charge >= 0.3 is 0 Å². The molecule has 1 atom stereocenters. The second-order valence-electron chi connectivity index (χ2n) is 5.42. The zero-order valence-corrected chi connectivity index (χ0v) is 12.2. The number of rotatable bonds is 5. The van der Waals surface area contributed by atoms with E-state index < -0.39 is 0 Å². The van der Waals surface area contributed by atoms with Gasteiger partial charge in [0.25, 0.3) is 0 Å². The van der Waals surface area contributed by atoms with Crippen molar-refractivity contribution in [3.05, 3.63) is 30.0 Å². The van der Waals surface area contributed by atoms with E-state index in [1.165, 1.54) is 16.5 Å². The molecule has 0 spiro atoms. The van der Waals surface area contributed by atoms with Crippen LogP contribution in [-0.2, 0) is 11.2 Å². The van der Waals surface area contributed by atoms with Gasteiger partial charge in [-0.15, -0.1) is 0 Å². The standard InChI is InChI=1S/C16H22N2O2/c1-19-13-3-4-16-15(9-13)12(10-17-16)5-7-18-8-6-14(11-18)20-2/h3-4,9-10,14,17H,5-8,11H2,1-2H3/t14-/m1/s1. The van der Waals surface area contributed by atoms with Gasteiger partial charge in [0.1, 0.15) is 5.75 Å². The molecule has 4 heteroatoms. The van der Waals surface area contributed by atoms with Gasteiger partial charge in [-0.1, -0.05) is 0 Å². The predicted molar refractivity (Wildman–Crippen MR) is 80.4 cm³/mol.